The van der Waals surface area contributed by atoms with Crippen LogP contribution in [0.3, 0.4) is 0 Å². The second-order valence-corrected chi connectivity index (χ2v) is 7.86. The summed E-state index contributed by atoms with van der Waals surface area (Å²) >= 11 is 11.8. The number of nitrogens with two attached hydrogens (primary N) is 1. The molecule has 0 unspecified atom stereocenters. The van der Waals surface area contributed by atoms with Gasteiger partial charge in [-0.3, -0.25) is 4.79 Å². The lowest BCUT2D eigenvalue weighted by molar-refractivity contribution is -0.131. The van der Waals surface area contributed by atoms with Gasteiger partial charge in [0.1, 0.15) is 0 Å². The van der Waals surface area contributed by atoms with E-state index >= 15 is 0 Å². The molecule has 0 atom stereocenters. The highest BCUT2D eigenvalue weighted by Crippen LogP contribution is 2.52. The lowest BCUT2D eigenvalue weighted by Crippen LogP contribution is -2.76. The Morgan fingerprint density at radius 3 is 2.29 bits per heavy atom. The molecule has 0 aromatic heterocycles. The molecule has 5 heteroatoms. The smallest absolute Gasteiger partial charge is 0.224 e. The fourth-order valence-corrected chi connectivity index (χ4v) is 3.92. The van der Waals surface area contributed by atoms with Crippen LogP contribution in [-0.2, 0) is 11.2 Å². The van der Waals surface area contributed by atoms with Crippen LogP contribution < -0.4 is 11.1 Å². The maximum atomic E-state index is 12.3. The molecule has 3 N–H and O–H groups in total. The second kappa shape index (κ2) is 5.45. The van der Waals surface area contributed by atoms with Crippen molar-refractivity contribution in [2.75, 3.05) is 0 Å². The lowest BCUT2D eigenvalue weighted by atomic mass is 9.48. The van der Waals surface area contributed by atoms with Gasteiger partial charge in [-0.2, -0.15) is 0 Å². The monoisotopic (exact) mass is 328 g/mol. The highest BCUT2D eigenvalue weighted by atomic mass is 35.5. The minimum atomic E-state index is -0.100. The van der Waals surface area contributed by atoms with Crippen molar-refractivity contribution in [3.05, 3.63) is 33.8 Å². The Kier molecular flexibility index (Phi) is 4.31. The van der Waals surface area contributed by atoms with E-state index in [0.29, 0.717) is 10.0 Å². The van der Waals surface area contributed by atoms with Crippen LogP contribution in [0.2, 0.25) is 10.0 Å². The number of halogens is 2. The molecule has 1 fully saturated rings. The molecule has 0 aliphatic heterocycles. The first kappa shape index (κ1) is 16.6. The maximum absolute atomic E-state index is 12.3. The van der Waals surface area contributed by atoms with Crippen molar-refractivity contribution in [1.29, 1.82) is 0 Å². The fraction of sp³-hybridized carbons (Fsp3) is 0.562. The molecule has 0 saturated heterocycles. The Balaban J connectivity index is 2.04. The topological polar surface area (TPSA) is 55.1 Å². The molecule has 0 bridgehead atoms. The Labute approximate surface area is 136 Å². The summed E-state index contributed by atoms with van der Waals surface area (Å²) in [6.07, 6.45) is 0.286. The van der Waals surface area contributed by atoms with Gasteiger partial charge < -0.3 is 11.1 Å². The summed E-state index contributed by atoms with van der Waals surface area (Å²) in [7, 11) is 0. The van der Waals surface area contributed by atoms with Crippen LogP contribution in [0, 0.1) is 10.8 Å². The minimum absolute atomic E-state index is 0.0218. The SMILES string of the molecule is CC1(C)C(N)C(C)(C)C1NC(=O)Cc1ccc(Cl)c(Cl)c1. The summed E-state index contributed by atoms with van der Waals surface area (Å²) in [6.45, 7) is 8.36. The third kappa shape index (κ3) is 2.92. The average Bonchev–Trinajstić information content (AvgIpc) is 2.39. The van der Waals surface area contributed by atoms with Crippen molar-refractivity contribution >= 4 is 29.1 Å². The van der Waals surface area contributed by atoms with Gasteiger partial charge in [-0.15, -0.1) is 0 Å². The first-order valence-corrected chi connectivity index (χ1v) is 7.81. The highest BCUT2D eigenvalue weighted by Gasteiger charge is 2.60. The molecule has 1 aliphatic rings. The van der Waals surface area contributed by atoms with Crippen molar-refractivity contribution in [3.63, 3.8) is 0 Å². The normalized spacial score (nSPS) is 26.0. The summed E-state index contributed by atoms with van der Waals surface area (Å²) in [4.78, 5) is 12.3. The zero-order valence-corrected chi connectivity index (χ0v) is 14.3. The number of hydrogen-bond donors (Lipinski definition) is 2. The Morgan fingerprint density at radius 2 is 1.76 bits per heavy atom. The number of carbonyl (C=O) groups is 1. The number of carbonyl (C=O) groups excluding carboxylic acids is 1. The van der Waals surface area contributed by atoms with Gasteiger partial charge in [0, 0.05) is 22.9 Å². The highest BCUT2D eigenvalue weighted by molar-refractivity contribution is 6.42. The van der Waals surface area contributed by atoms with E-state index in [1.807, 2.05) is 6.07 Å². The Hall–Kier alpha value is -0.770. The standard InChI is InChI=1S/C16H22Cl2N2O/c1-15(2)13(19)16(3,4)14(15)20-12(21)8-9-5-6-10(17)11(18)7-9/h5-7,13-14H,8,19H2,1-4H3,(H,20,21). The van der Waals surface area contributed by atoms with E-state index in [-0.39, 0.29) is 35.2 Å². The predicted molar refractivity (Wildman–Crippen MR) is 87.6 cm³/mol. The summed E-state index contributed by atoms with van der Waals surface area (Å²) < 4.78 is 0. The largest absolute Gasteiger partial charge is 0.352 e. The summed E-state index contributed by atoms with van der Waals surface area (Å²) in [6, 6.07) is 5.39. The van der Waals surface area contributed by atoms with Crippen LogP contribution in [-0.4, -0.2) is 18.0 Å². The molecule has 0 spiro atoms. The van der Waals surface area contributed by atoms with E-state index < -0.39 is 0 Å². The average molecular weight is 329 g/mol. The van der Waals surface area contributed by atoms with E-state index in [2.05, 4.69) is 33.0 Å². The van der Waals surface area contributed by atoms with Crippen LogP contribution in [0.1, 0.15) is 33.3 Å². The fourth-order valence-electron chi connectivity index (χ4n) is 3.60. The number of benzene rings is 1. The van der Waals surface area contributed by atoms with E-state index in [9.17, 15) is 4.79 Å². The molecule has 0 radical (unpaired) electrons. The quantitative estimate of drug-likeness (QED) is 0.893. The second-order valence-electron chi connectivity index (χ2n) is 7.05. The zero-order chi connectivity index (χ0) is 16.0. The molecule has 0 heterocycles. The van der Waals surface area contributed by atoms with Gasteiger partial charge in [-0.25, -0.2) is 0 Å². The maximum Gasteiger partial charge on any atom is 0.224 e. The molecule has 1 aromatic carbocycles. The summed E-state index contributed by atoms with van der Waals surface area (Å²) in [5.74, 6) is -0.0218. The number of hydrogen-bond acceptors (Lipinski definition) is 2. The molecule has 1 aromatic rings. The van der Waals surface area contributed by atoms with Gasteiger partial charge in [0.15, 0.2) is 0 Å². The van der Waals surface area contributed by atoms with Crippen LogP contribution in [0.4, 0.5) is 0 Å². The van der Waals surface area contributed by atoms with Crippen LogP contribution in [0.15, 0.2) is 18.2 Å². The first-order valence-electron chi connectivity index (χ1n) is 7.05. The molecule has 2 rings (SSSR count). The lowest BCUT2D eigenvalue weighted by Gasteiger charge is -2.62. The van der Waals surface area contributed by atoms with E-state index in [4.69, 9.17) is 28.9 Å². The van der Waals surface area contributed by atoms with E-state index in [1.54, 1.807) is 12.1 Å². The molecular formula is C16H22Cl2N2O. The summed E-state index contributed by atoms with van der Waals surface area (Å²) in [5.41, 5.74) is 6.85. The van der Waals surface area contributed by atoms with Gasteiger partial charge in [-0.1, -0.05) is 57.0 Å². The molecule has 116 valence electrons. The predicted octanol–water partition coefficient (Wildman–Crippen LogP) is 3.41. The third-order valence-corrected chi connectivity index (χ3v) is 5.48. The van der Waals surface area contributed by atoms with Gasteiger partial charge in [0.25, 0.3) is 0 Å². The molecule has 21 heavy (non-hydrogen) atoms. The van der Waals surface area contributed by atoms with Gasteiger partial charge in [0.2, 0.25) is 5.91 Å². The minimum Gasteiger partial charge on any atom is -0.352 e. The van der Waals surface area contributed by atoms with Crippen molar-refractivity contribution in [1.82, 2.24) is 5.32 Å². The Morgan fingerprint density at radius 1 is 1.19 bits per heavy atom. The van der Waals surface area contributed by atoms with Crippen LogP contribution >= 0.6 is 23.2 Å². The van der Waals surface area contributed by atoms with Crippen molar-refractivity contribution in [2.45, 2.75) is 46.2 Å². The van der Waals surface area contributed by atoms with E-state index in [0.717, 1.165) is 5.56 Å². The van der Waals surface area contributed by atoms with Crippen molar-refractivity contribution < 1.29 is 4.79 Å². The van der Waals surface area contributed by atoms with Gasteiger partial charge in [-0.05, 0) is 17.7 Å². The number of amides is 1. The molecule has 1 saturated carbocycles. The third-order valence-electron chi connectivity index (χ3n) is 4.75. The van der Waals surface area contributed by atoms with Crippen LogP contribution in [0.25, 0.3) is 0 Å². The van der Waals surface area contributed by atoms with Crippen molar-refractivity contribution in [3.8, 4) is 0 Å². The number of rotatable bonds is 3. The Bertz CT molecular complexity index is 553. The summed E-state index contributed by atoms with van der Waals surface area (Å²) in [5, 5.41) is 4.07. The van der Waals surface area contributed by atoms with Gasteiger partial charge in [0.05, 0.1) is 16.5 Å². The molecule has 1 amide bonds. The molecule has 3 nitrogen and oxygen atoms in total. The van der Waals surface area contributed by atoms with Gasteiger partial charge >= 0.3 is 0 Å². The van der Waals surface area contributed by atoms with Crippen LogP contribution in [0.5, 0.6) is 0 Å². The molecular weight excluding hydrogens is 307 g/mol. The van der Waals surface area contributed by atoms with Crippen molar-refractivity contribution in [2.24, 2.45) is 16.6 Å². The van der Waals surface area contributed by atoms with E-state index in [1.165, 1.54) is 0 Å². The number of nitrogens with one attached hydrogen (secondary N) is 1. The molecule has 1 aliphatic carbocycles. The zero-order valence-electron chi connectivity index (χ0n) is 12.8. The first-order chi connectivity index (χ1) is 9.56.